The molecule has 18 heavy (non-hydrogen) atoms. The number of aryl methyl sites for hydroxylation is 1. The molecule has 2 heterocycles. The van der Waals surface area contributed by atoms with Gasteiger partial charge in [-0.05, 0) is 43.9 Å². The molecule has 4 nitrogen and oxygen atoms in total. The maximum Gasteiger partial charge on any atom is 0.229 e. The molecule has 3 unspecified atom stereocenters. The zero-order valence-electron chi connectivity index (χ0n) is 10.4. The van der Waals surface area contributed by atoms with Crippen LogP contribution in [0.4, 0.5) is 5.69 Å². The number of amides is 1. The van der Waals surface area contributed by atoms with E-state index in [1.807, 2.05) is 13.0 Å². The molecule has 0 radical (unpaired) electrons. The van der Waals surface area contributed by atoms with Crippen LogP contribution in [0.3, 0.4) is 0 Å². The number of phenols is 1. The molecule has 1 aromatic rings. The molecule has 1 aromatic carbocycles. The Kier molecular flexibility index (Phi) is 2.74. The molecule has 1 amide bonds. The second-order valence-electron chi connectivity index (χ2n) is 5.40. The minimum absolute atomic E-state index is 0.0237. The van der Waals surface area contributed by atoms with Crippen molar-refractivity contribution in [2.24, 2.45) is 5.92 Å². The number of phenolic OH excluding ortho intramolecular Hbond substituents is 1. The van der Waals surface area contributed by atoms with Crippen LogP contribution in [-0.2, 0) is 4.79 Å². The third-order valence-corrected chi connectivity index (χ3v) is 4.05. The molecular weight excluding hydrogens is 228 g/mol. The van der Waals surface area contributed by atoms with Gasteiger partial charge in [0.15, 0.2) is 0 Å². The predicted molar refractivity (Wildman–Crippen MR) is 69.5 cm³/mol. The number of hydrogen-bond donors (Lipinski definition) is 3. The first-order valence-electron chi connectivity index (χ1n) is 6.50. The Morgan fingerprint density at radius 3 is 2.94 bits per heavy atom. The smallest absolute Gasteiger partial charge is 0.229 e. The quantitative estimate of drug-likeness (QED) is 0.697. The van der Waals surface area contributed by atoms with Crippen LogP contribution in [0.5, 0.6) is 5.75 Å². The molecule has 2 saturated heterocycles. The van der Waals surface area contributed by atoms with Crippen LogP contribution >= 0.6 is 0 Å². The molecule has 96 valence electrons. The molecule has 3 rings (SSSR count). The fourth-order valence-corrected chi connectivity index (χ4v) is 3.09. The third-order valence-electron chi connectivity index (χ3n) is 4.05. The van der Waals surface area contributed by atoms with E-state index in [-0.39, 0.29) is 17.6 Å². The highest BCUT2D eigenvalue weighted by atomic mass is 16.3. The Hall–Kier alpha value is -1.55. The van der Waals surface area contributed by atoms with Gasteiger partial charge in [0, 0.05) is 12.1 Å². The SMILES string of the molecule is Cc1ccc(O)c(NC(=O)C2CC3CCC2N3)c1. The van der Waals surface area contributed by atoms with Crippen molar-refractivity contribution in [1.29, 1.82) is 0 Å². The lowest BCUT2D eigenvalue weighted by atomic mass is 9.88. The van der Waals surface area contributed by atoms with E-state index in [2.05, 4.69) is 10.6 Å². The van der Waals surface area contributed by atoms with Crippen LogP contribution in [0.1, 0.15) is 24.8 Å². The van der Waals surface area contributed by atoms with Crippen LogP contribution in [-0.4, -0.2) is 23.1 Å². The summed E-state index contributed by atoms with van der Waals surface area (Å²) in [6, 6.07) is 6.07. The minimum atomic E-state index is 0.0237. The van der Waals surface area contributed by atoms with Gasteiger partial charge in [0.1, 0.15) is 5.75 Å². The van der Waals surface area contributed by atoms with Gasteiger partial charge in [-0.1, -0.05) is 6.07 Å². The summed E-state index contributed by atoms with van der Waals surface area (Å²) in [4.78, 5) is 12.2. The average molecular weight is 246 g/mol. The van der Waals surface area contributed by atoms with E-state index in [4.69, 9.17) is 0 Å². The van der Waals surface area contributed by atoms with Crippen LogP contribution in [0.25, 0.3) is 0 Å². The van der Waals surface area contributed by atoms with E-state index in [0.717, 1.165) is 18.4 Å². The number of carbonyl (C=O) groups excluding carboxylic acids is 1. The topological polar surface area (TPSA) is 61.4 Å². The monoisotopic (exact) mass is 246 g/mol. The Morgan fingerprint density at radius 2 is 2.28 bits per heavy atom. The number of benzene rings is 1. The molecular formula is C14H18N2O2. The second-order valence-corrected chi connectivity index (χ2v) is 5.40. The minimum Gasteiger partial charge on any atom is -0.506 e. The molecule has 0 saturated carbocycles. The molecule has 2 bridgehead atoms. The van der Waals surface area contributed by atoms with E-state index >= 15 is 0 Å². The fraction of sp³-hybridized carbons (Fsp3) is 0.500. The first-order valence-corrected chi connectivity index (χ1v) is 6.50. The van der Waals surface area contributed by atoms with Crippen molar-refractivity contribution in [3.05, 3.63) is 23.8 Å². The Balaban J connectivity index is 1.72. The maximum atomic E-state index is 12.2. The highest BCUT2D eigenvalue weighted by molar-refractivity contribution is 5.94. The van der Waals surface area contributed by atoms with Gasteiger partial charge < -0.3 is 15.7 Å². The van der Waals surface area contributed by atoms with Crippen molar-refractivity contribution in [3.8, 4) is 5.75 Å². The number of fused-ring (bicyclic) bond motifs is 2. The summed E-state index contributed by atoms with van der Waals surface area (Å²) >= 11 is 0. The van der Waals surface area contributed by atoms with Crippen LogP contribution in [0, 0.1) is 12.8 Å². The Bertz CT molecular complexity index is 487. The molecule has 0 aromatic heterocycles. The molecule has 0 spiro atoms. The summed E-state index contributed by atoms with van der Waals surface area (Å²) < 4.78 is 0. The van der Waals surface area contributed by atoms with Crippen LogP contribution in [0.2, 0.25) is 0 Å². The van der Waals surface area contributed by atoms with Crippen molar-refractivity contribution >= 4 is 11.6 Å². The van der Waals surface area contributed by atoms with Gasteiger partial charge in [0.2, 0.25) is 5.91 Å². The van der Waals surface area contributed by atoms with E-state index in [1.165, 1.54) is 6.42 Å². The van der Waals surface area contributed by atoms with E-state index < -0.39 is 0 Å². The van der Waals surface area contributed by atoms with Crippen molar-refractivity contribution in [1.82, 2.24) is 5.32 Å². The lowest BCUT2D eigenvalue weighted by Gasteiger charge is -2.19. The average Bonchev–Trinajstić information content (AvgIpc) is 2.96. The largest absolute Gasteiger partial charge is 0.506 e. The molecule has 2 fully saturated rings. The van der Waals surface area contributed by atoms with Crippen molar-refractivity contribution in [2.45, 2.75) is 38.3 Å². The Morgan fingerprint density at radius 1 is 1.44 bits per heavy atom. The summed E-state index contributed by atoms with van der Waals surface area (Å²) in [6.45, 7) is 1.94. The highest BCUT2D eigenvalue weighted by Crippen LogP contribution is 2.34. The number of nitrogens with one attached hydrogen (secondary N) is 2. The van der Waals surface area contributed by atoms with Crippen molar-refractivity contribution in [2.75, 3.05) is 5.32 Å². The summed E-state index contributed by atoms with van der Waals surface area (Å²) in [5, 5.41) is 16.0. The summed E-state index contributed by atoms with van der Waals surface area (Å²) in [5.41, 5.74) is 1.54. The third kappa shape index (κ3) is 1.97. The number of rotatable bonds is 2. The number of anilines is 1. The Labute approximate surface area is 106 Å². The van der Waals surface area contributed by atoms with Gasteiger partial charge in [0.05, 0.1) is 11.6 Å². The second kappa shape index (κ2) is 4.28. The number of hydrogen-bond acceptors (Lipinski definition) is 3. The van der Waals surface area contributed by atoms with Crippen LogP contribution < -0.4 is 10.6 Å². The van der Waals surface area contributed by atoms with Gasteiger partial charge in [-0.3, -0.25) is 4.79 Å². The van der Waals surface area contributed by atoms with Gasteiger partial charge in [-0.25, -0.2) is 0 Å². The van der Waals surface area contributed by atoms with Crippen molar-refractivity contribution in [3.63, 3.8) is 0 Å². The molecule has 3 atom stereocenters. The zero-order valence-corrected chi connectivity index (χ0v) is 10.4. The van der Waals surface area contributed by atoms with E-state index in [9.17, 15) is 9.90 Å². The molecule has 2 aliphatic rings. The summed E-state index contributed by atoms with van der Waals surface area (Å²) in [7, 11) is 0. The lowest BCUT2D eigenvalue weighted by molar-refractivity contribution is -0.120. The number of carbonyl (C=O) groups is 1. The fourth-order valence-electron chi connectivity index (χ4n) is 3.09. The first kappa shape index (κ1) is 11.5. The first-order chi connectivity index (χ1) is 8.63. The lowest BCUT2D eigenvalue weighted by Crippen LogP contribution is -2.32. The van der Waals surface area contributed by atoms with Gasteiger partial charge >= 0.3 is 0 Å². The standard InChI is InChI=1S/C14H18N2O2/c1-8-2-5-13(17)12(6-8)16-14(18)10-7-9-3-4-11(10)15-9/h2,5-6,9-11,15,17H,3-4,7H2,1H3,(H,16,18). The summed E-state index contributed by atoms with van der Waals surface area (Å²) in [5.74, 6) is 0.198. The van der Waals surface area contributed by atoms with Crippen LogP contribution in [0.15, 0.2) is 18.2 Å². The maximum absolute atomic E-state index is 12.2. The molecule has 4 heteroatoms. The van der Waals surface area contributed by atoms with Gasteiger partial charge in [-0.15, -0.1) is 0 Å². The van der Waals surface area contributed by atoms with E-state index in [0.29, 0.717) is 17.8 Å². The van der Waals surface area contributed by atoms with Gasteiger partial charge in [0.25, 0.3) is 0 Å². The van der Waals surface area contributed by atoms with E-state index in [1.54, 1.807) is 12.1 Å². The predicted octanol–water partition coefficient (Wildman–Crippen LogP) is 1.78. The number of aromatic hydroxyl groups is 1. The summed E-state index contributed by atoms with van der Waals surface area (Å²) in [6.07, 6.45) is 3.19. The highest BCUT2D eigenvalue weighted by Gasteiger charge is 2.42. The molecule has 2 aliphatic heterocycles. The molecule has 0 aliphatic carbocycles. The van der Waals surface area contributed by atoms with Gasteiger partial charge in [-0.2, -0.15) is 0 Å². The molecule has 3 N–H and O–H groups in total. The zero-order chi connectivity index (χ0) is 12.7. The van der Waals surface area contributed by atoms with Crippen molar-refractivity contribution < 1.29 is 9.90 Å². The normalized spacial score (nSPS) is 29.5.